The molecular formula is C12H18N2O4. The van der Waals surface area contributed by atoms with Crippen LogP contribution in [0.1, 0.15) is 25.0 Å². The number of hydrogen-bond donors (Lipinski definition) is 1. The first kappa shape index (κ1) is 13.0. The molecule has 1 saturated heterocycles. The number of hydrogen-bond acceptors (Lipinski definition) is 6. The maximum absolute atomic E-state index is 11.5. The summed E-state index contributed by atoms with van der Waals surface area (Å²) in [7, 11) is 1.40. The normalized spacial score (nSPS) is 23.8. The van der Waals surface area contributed by atoms with Crippen molar-refractivity contribution in [2.45, 2.75) is 31.3 Å². The lowest BCUT2D eigenvalue weighted by molar-refractivity contribution is -0.144. The number of ether oxygens (including phenoxy) is 2. The zero-order valence-corrected chi connectivity index (χ0v) is 10.5. The number of esters is 1. The molecule has 0 amide bonds. The quantitative estimate of drug-likeness (QED) is 0.786. The summed E-state index contributed by atoms with van der Waals surface area (Å²) in [5, 5.41) is 7.19. The SMILES string of the molecule is COC(=O)C[C@@]1(NCc2ccon2)CCCOC1. The van der Waals surface area contributed by atoms with Crippen LogP contribution in [0.3, 0.4) is 0 Å². The zero-order chi connectivity index (χ0) is 12.8. The van der Waals surface area contributed by atoms with Crippen molar-refractivity contribution in [3.05, 3.63) is 18.0 Å². The van der Waals surface area contributed by atoms with Gasteiger partial charge in [-0.25, -0.2) is 0 Å². The van der Waals surface area contributed by atoms with Crippen LogP contribution in [0.25, 0.3) is 0 Å². The van der Waals surface area contributed by atoms with E-state index in [1.807, 2.05) is 0 Å². The second-order valence-corrected chi connectivity index (χ2v) is 4.53. The van der Waals surface area contributed by atoms with Crippen molar-refractivity contribution in [1.82, 2.24) is 10.5 Å². The van der Waals surface area contributed by atoms with Crippen LogP contribution in [0.15, 0.2) is 16.9 Å². The van der Waals surface area contributed by atoms with Crippen molar-refractivity contribution in [1.29, 1.82) is 0 Å². The fraction of sp³-hybridized carbons (Fsp3) is 0.667. The van der Waals surface area contributed by atoms with Crippen LogP contribution >= 0.6 is 0 Å². The molecule has 1 N–H and O–H groups in total. The first-order valence-corrected chi connectivity index (χ1v) is 6.03. The van der Waals surface area contributed by atoms with Gasteiger partial charge in [-0.3, -0.25) is 4.79 Å². The first-order chi connectivity index (χ1) is 8.74. The summed E-state index contributed by atoms with van der Waals surface area (Å²) in [6, 6.07) is 1.79. The van der Waals surface area contributed by atoms with Gasteiger partial charge < -0.3 is 19.3 Å². The fourth-order valence-electron chi connectivity index (χ4n) is 2.15. The van der Waals surface area contributed by atoms with Crippen LogP contribution < -0.4 is 5.32 Å². The Balaban J connectivity index is 1.97. The summed E-state index contributed by atoms with van der Waals surface area (Å²) < 4.78 is 15.0. The highest BCUT2D eigenvalue weighted by molar-refractivity contribution is 5.70. The molecule has 6 heteroatoms. The number of carbonyl (C=O) groups is 1. The smallest absolute Gasteiger partial charge is 0.307 e. The molecule has 1 aromatic rings. The van der Waals surface area contributed by atoms with E-state index in [0.29, 0.717) is 19.6 Å². The van der Waals surface area contributed by atoms with Gasteiger partial charge in [0.05, 0.1) is 31.4 Å². The molecule has 1 aliphatic heterocycles. The molecule has 1 fully saturated rings. The van der Waals surface area contributed by atoms with Crippen molar-refractivity contribution in [3.8, 4) is 0 Å². The van der Waals surface area contributed by atoms with E-state index in [1.54, 1.807) is 6.07 Å². The third-order valence-electron chi connectivity index (χ3n) is 3.17. The largest absolute Gasteiger partial charge is 0.469 e. The standard InChI is InChI=1S/C12H18N2O4/c1-16-11(15)7-12(4-2-5-17-9-12)13-8-10-3-6-18-14-10/h3,6,13H,2,4-5,7-9H2,1H3/t12-/m0/s1. The Morgan fingerprint density at radius 1 is 1.67 bits per heavy atom. The summed E-state index contributed by atoms with van der Waals surface area (Å²) in [6.07, 6.45) is 3.66. The van der Waals surface area contributed by atoms with Gasteiger partial charge in [0.1, 0.15) is 6.26 Å². The third kappa shape index (κ3) is 3.30. The van der Waals surface area contributed by atoms with Gasteiger partial charge in [-0.2, -0.15) is 0 Å². The predicted molar refractivity (Wildman–Crippen MR) is 62.8 cm³/mol. The molecule has 18 heavy (non-hydrogen) atoms. The monoisotopic (exact) mass is 254 g/mol. The molecule has 1 aromatic heterocycles. The maximum atomic E-state index is 11.5. The molecule has 2 heterocycles. The second-order valence-electron chi connectivity index (χ2n) is 4.53. The fourth-order valence-corrected chi connectivity index (χ4v) is 2.15. The molecular weight excluding hydrogens is 236 g/mol. The molecule has 0 spiro atoms. The third-order valence-corrected chi connectivity index (χ3v) is 3.17. The predicted octanol–water partition coefficient (Wildman–Crippen LogP) is 0.876. The highest BCUT2D eigenvalue weighted by atomic mass is 16.5. The van der Waals surface area contributed by atoms with Gasteiger partial charge in [-0.1, -0.05) is 5.16 Å². The van der Waals surface area contributed by atoms with Gasteiger partial charge in [0.15, 0.2) is 0 Å². The van der Waals surface area contributed by atoms with Crippen LogP contribution in [-0.4, -0.2) is 37.0 Å². The van der Waals surface area contributed by atoms with Crippen LogP contribution in [0.4, 0.5) is 0 Å². The van der Waals surface area contributed by atoms with E-state index >= 15 is 0 Å². The molecule has 0 radical (unpaired) electrons. The van der Waals surface area contributed by atoms with E-state index in [9.17, 15) is 4.79 Å². The molecule has 0 unspecified atom stereocenters. The average molecular weight is 254 g/mol. The van der Waals surface area contributed by atoms with Gasteiger partial charge in [0.2, 0.25) is 0 Å². The van der Waals surface area contributed by atoms with E-state index < -0.39 is 0 Å². The van der Waals surface area contributed by atoms with Gasteiger partial charge in [0, 0.05) is 19.2 Å². The molecule has 0 bridgehead atoms. The molecule has 0 saturated carbocycles. The van der Waals surface area contributed by atoms with E-state index in [0.717, 1.165) is 25.1 Å². The molecule has 0 aliphatic carbocycles. The Labute approximate surface area is 106 Å². The lowest BCUT2D eigenvalue weighted by Gasteiger charge is -2.37. The summed E-state index contributed by atoms with van der Waals surface area (Å²) in [5.41, 5.74) is 0.453. The maximum Gasteiger partial charge on any atom is 0.307 e. The summed E-state index contributed by atoms with van der Waals surface area (Å²) in [6.45, 7) is 1.81. The van der Waals surface area contributed by atoms with Crippen LogP contribution in [0, 0.1) is 0 Å². The number of methoxy groups -OCH3 is 1. The topological polar surface area (TPSA) is 73.6 Å². The first-order valence-electron chi connectivity index (χ1n) is 6.03. The Kier molecular flexibility index (Phi) is 4.33. The van der Waals surface area contributed by atoms with Crippen molar-refractivity contribution >= 4 is 5.97 Å². The Bertz CT molecular complexity index is 371. The minimum absolute atomic E-state index is 0.229. The highest BCUT2D eigenvalue weighted by Crippen LogP contribution is 2.24. The van der Waals surface area contributed by atoms with Gasteiger partial charge in [0.25, 0.3) is 0 Å². The van der Waals surface area contributed by atoms with Crippen LogP contribution in [0.2, 0.25) is 0 Å². The molecule has 6 nitrogen and oxygen atoms in total. The van der Waals surface area contributed by atoms with E-state index in [-0.39, 0.29) is 11.5 Å². The minimum atomic E-state index is -0.357. The summed E-state index contributed by atoms with van der Waals surface area (Å²) in [5.74, 6) is -0.229. The van der Waals surface area contributed by atoms with Crippen molar-refractivity contribution in [3.63, 3.8) is 0 Å². The van der Waals surface area contributed by atoms with Gasteiger partial charge in [-0.15, -0.1) is 0 Å². The highest BCUT2D eigenvalue weighted by Gasteiger charge is 2.35. The Morgan fingerprint density at radius 3 is 3.17 bits per heavy atom. The molecule has 1 atom stereocenters. The lowest BCUT2D eigenvalue weighted by Crippen LogP contribution is -2.52. The molecule has 100 valence electrons. The summed E-state index contributed by atoms with van der Waals surface area (Å²) in [4.78, 5) is 11.5. The second kappa shape index (κ2) is 5.97. The summed E-state index contributed by atoms with van der Waals surface area (Å²) >= 11 is 0. The Morgan fingerprint density at radius 2 is 2.56 bits per heavy atom. The number of nitrogens with zero attached hydrogens (tertiary/aromatic N) is 1. The Hall–Kier alpha value is -1.40. The minimum Gasteiger partial charge on any atom is -0.469 e. The van der Waals surface area contributed by atoms with Crippen molar-refractivity contribution < 1.29 is 18.8 Å². The van der Waals surface area contributed by atoms with Gasteiger partial charge in [-0.05, 0) is 12.8 Å². The van der Waals surface area contributed by atoms with Crippen molar-refractivity contribution in [2.75, 3.05) is 20.3 Å². The van der Waals surface area contributed by atoms with E-state index in [2.05, 4.69) is 10.5 Å². The average Bonchev–Trinajstić information content (AvgIpc) is 2.91. The van der Waals surface area contributed by atoms with Crippen molar-refractivity contribution in [2.24, 2.45) is 0 Å². The van der Waals surface area contributed by atoms with Gasteiger partial charge >= 0.3 is 5.97 Å². The lowest BCUT2D eigenvalue weighted by atomic mass is 9.88. The zero-order valence-electron chi connectivity index (χ0n) is 10.5. The number of rotatable bonds is 5. The number of nitrogens with one attached hydrogen (secondary N) is 1. The molecule has 2 rings (SSSR count). The van der Waals surface area contributed by atoms with Crippen LogP contribution in [-0.2, 0) is 20.8 Å². The number of aromatic nitrogens is 1. The van der Waals surface area contributed by atoms with Crippen LogP contribution in [0.5, 0.6) is 0 Å². The molecule has 1 aliphatic rings. The molecule has 0 aromatic carbocycles. The number of carbonyl (C=O) groups excluding carboxylic acids is 1. The van der Waals surface area contributed by atoms with E-state index in [4.69, 9.17) is 14.0 Å². The van der Waals surface area contributed by atoms with E-state index in [1.165, 1.54) is 13.4 Å².